The van der Waals surface area contributed by atoms with E-state index in [4.69, 9.17) is 0 Å². The summed E-state index contributed by atoms with van der Waals surface area (Å²) in [5.41, 5.74) is 2.56. The number of benzene rings is 1. The summed E-state index contributed by atoms with van der Waals surface area (Å²) in [6, 6.07) is 6.44. The smallest absolute Gasteiger partial charge is 0.0696 e. The Bertz CT molecular complexity index is 579. The van der Waals surface area contributed by atoms with Crippen LogP contribution in [0.4, 0.5) is 0 Å². The summed E-state index contributed by atoms with van der Waals surface area (Å²) >= 11 is 3.65. The topological polar surface area (TPSA) is 12.4 Å². The minimum atomic E-state index is 1.27. The van der Waals surface area contributed by atoms with Gasteiger partial charge in [-0.05, 0) is 24.0 Å². The lowest BCUT2D eigenvalue weighted by atomic mass is 10.1. The van der Waals surface area contributed by atoms with Crippen molar-refractivity contribution in [3.8, 4) is 0 Å². The SMILES string of the molecule is CSc1sc2cccc3c2c1C=NC=C3. The van der Waals surface area contributed by atoms with Crippen molar-refractivity contribution in [3.63, 3.8) is 0 Å². The summed E-state index contributed by atoms with van der Waals surface area (Å²) in [5.74, 6) is 0. The number of nitrogens with zero attached hydrogens (tertiary/aromatic N) is 1. The second-order valence-electron chi connectivity index (χ2n) is 3.32. The monoisotopic (exact) mass is 231 g/mol. The van der Waals surface area contributed by atoms with Crippen molar-refractivity contribution < 1.29 is 0 Å². The molecule has 1 aliphatic heterocycles. The highest BCUT2D eigenvalue weighted by molar-refractivity contribution is 8.00. The molecule has 2 heterocycles. The van der Waals surface area contributed by atoms with E-state index in [1.165, 1.54) is 25.4 Å². The van der Waals surface area contributed by atoms with Gasteiger partial charge in [-0.15, -0.1) is 23.1 Å². The summed E-state index contributed by atoms with van der Waals surface area (Å²) in [5, 5.41) is 1.35. The zero-order valence-corrected chi connectivity index (χ0v) is 9.86. The molecule has 0 saturated heterocycles. The van der Waals surface area contributed by atoms with Crippen LogP contribution in [0.3, 0.4) is 0 Å². The van der Waals surface area contributed by atoms with Gasteiger partial charge in [-0.25, -0.2) is 0 Å². The molecule has 0 radical (unpaired) electrons. The van der Waals surface area contributed by atoms with Crippen LogP contribution in [0.25, 0.3) is 16.2 Å². The van der Waals surface area contributed by atoms with Crippen molar-refractivity contribution in [2.45, 2.75) is 4.21 Å². The van der Waals surface area contributed by atoms with Crippen molar-refractivity contribution in [1.29, 1.82) is 0 Å². The van der Waals surface area contributed by atoms with Gasteiger partial charge in [-0.3, -0.25) is 4.99 Å². The van der Waals surface area contributed by atoms with E-state index >= 15 is 0 Å². The molecule has 1 nitrogen and oxygen atoms in total. The fourth-order valence-corrected chi connectivity index (χ4v) is 3.75. The quantitative estimate of drug-likeness (QED) is 0.675. The second kappa shape index (κ2) is 3.51. The number of hydrogen-bond donors (Lipinski definition) is 0. The highest BCUT2D eigenvalue weighted by Gasteiger charge is 2.13. The zero-order chi connectivity index (χ0) is 10.3. The van der Waals surface area contributed by atoms with Crippen LogP contribution in [-0.2, 0) is 0 Å². The summed E-state index contributed by atoms with van der Waals surface area (Å²) in [4.78, 5) is 4.28. The van der Waals surface area contributed by atoms with E-state index in [1.807, 2.05) is 23.8 Å². The van der Waals surface area contributed by atoms with Gasteiger partial charge >= 0.3 is 0 Å². The minimum absolute atomic E-state index is 1.27. The van der Waals surface area contributed by atoms with Gasteiger partial charge in [0.15, 0.2) is 0 Å². The third kappa shape index (κ3) is 1.34. The molecule has 0 unspecified atom stereocenters. The summed E-state index contributed by atoms with van der Waals surface area (Å²) in [6.07, 6.45) is 8.03. The number of thiophene rings is 1. The first-order chi connectivity index (χ1) is 7.40. The highest BCUT2D eigenvalue weighted by Crippen LogP contribution is 2.38. The van der Waals surface area contributed by atoms with Crippen LogP contribution in [0.2, 0.25) is 0 Å². The molecule has 3 heteroatoms. The Labute approximate surface area is 96.5 Å². The van der Waals surface area contributed by atoms with E-state index < -0.39 is 0 Å². The van der Waals surface area contributed by atoms with Crippen molar-refractivity contribution in [1.82, 2.24) is 0 Å². The van der Waals surface area contributed by atoms with Crippen LogP contribution in [-0.4, -0.2) is 12.5 Å². The van der Waals surface area contributed by atoms with Crippen LogP contribution in [0.5, 0.6) is 0 Å². The number of rotatable bonds is 1. The van der Waals surface area contributed by atoms with E-state index in [1.54, 1.807) is 11.8 Å². The Morgan fingerprint density at radius 1 is 1.33 bits per heavy atom. The standard InChI is InChI=1S/C12H9NS2/c1-14-12-9-7-13-6-5-8-3-2-4-10(15-12)11(8)9/h2-7H,1H3. The summed E-state index contributed by atoms with van der Waals surface area (Å²) in [7, 11) is 0. The molecule has 1 aromatic heterocycles. The van der Waals surface area contributed by atoms with Crippen molar-refractivity contribution >= 4 is 45.5 Å². The molecule has 0 aliphatic carbocycles. The molecule has 0 N–H and O–H groups in total. The third-order valence-corrected chi connectivity index (χ3v) is 4.79. The van der Waals surface area contributed by atoms with Crippen molar-refractivity contribution in [2.24, 2.45) is 4.99 Å². The van der Waals surface area contributed by atoms with Gasteiger partial charge in [-0.1, -0.05) is 12.1 Å². The van der Waals surface area contributed by atoms with Gasteiger partial charge in [0.25, 0.3) is 0 Å². The van der Waals surface area contributed by atoms with Gasteiger partial charge < -0.3 is 0 Å². The molecule has 2 aromatic rings. The van der Waals surface area contributed by atoms with Gasteiger partial charge in [0.05, 0.1) is 4.21 Å². The number of hydrogen-bond acceptors (Lipinski definition) is 3. The average molecular weight is 231 g/mol. The fourth-order valence-electron chi connectivity index (χ4n) is 1.83. The molecule has 0 saturated carbocycles. The molecule has 0 fully saturated rings. The maximum absolute atomic E-state index is 4.28. The predicted molar refractivity (Wildman–Crippen MR) is 70.2 cm³/mol. The molecule has 0 atom stereocenters. The molecular formula is C12H9NS2. The molecular weight excluding hydrogens is 222 g/mol. The molecule has 0 spiro atoms. The molecule has 1 aliphatic rings. The summed E-state index contributed by atoms with van der Waals surface area (Å²) < 4.78 is 2.70. The molecule has 0 bridgehead atoms. The van der Waals surface area contributed by atoms with E-state index in [2.05, 4.69) is 35.5 Å². The average Bonchev–Trinajstić information content (AvgIpc) is 2.47. The highest BCUT2D eigenvalue weighted by atomic mass is 32.2. The van der Waals surface area contributed by atoms with Crippen LogP contribution < -0.4 is 0 Å². The Morgan fingerprint density at radius 2 is 2.27 bits per heavy atom. The van der Waals surface area contributed by atoms with E-state index in [0.29, 0.717) is 0 Å². The van der Waals surface area contributed by atoms with Gasteiger partial charge in [0, 0.05) is 28.1 Å². The molecule has 74 valence electrons. The lowest BCUT2D eigenvalue weighted by Gasteiger charge is -1.96. The van der Waals surface area contributed by atoms with Gasteiger partial charge in [-0.2, -0.15) is 0 Å². The van der Waals surface area contributed by atoms with E-state index in [-0.39, 0.29) is 0 Å². The second-order valence-corrected chi connectivity index (χ2v) is 5.45. The molecule has 1 aromatic carbocycles. The molecule has 3 rings (SSSR count). The maximum atomic E-state index is 4.28. The normalized spacial score (nSPS) is 13.4. The first-order valence-electron chi connectivity index (χ1n) is 4.69. The minimum Gasteiger partial charge on any atom is -0.264 e. The number of aliphatic imine (C=N–C) groups is 1. The third-order valence-electron chi connectivity index (χ3n) is 2.48. The lowest BCUT2D eigenvalue weighted by molar-refractivity contribution is 1.61. The fraction of sp³-hybridized carbons (Fsp3) is 0.0833. The van der Waals surface area contributed by atoms with Gasteiger partial charge in [0.2, 0.25) is 0 Å². The van der Waals surface area contributed by atoms with E-state index in [9.17, 15) is 0 Å². The molecule has 0 amide bonds. The van der Waals surface area contributed by atoms with Crippen LogP contribution in [0.15, 0.2) is 33.6 Å². The Balaban J connectivity index is 2.49. The summed E-state index contributed by atoms with van der Waals surface area (Å²) in [6.45, 7) is 0. The van der Waals surface area contributed by atoms with Crippen LogP contribution >= 0.6 is 23.1 Å². The molecule has 15 heavy (non-hydrogen) atoms. The first kappa shape index (κ1) is 9.19. The zero-order valence-electron chi connectivity index (χ0n) is 8.23. The van der Waals surface area contributed by atoms with Crippen LogP contribution in [0.1, 0.15) is 11.1 Å². The maximum Gasteiger partial charge on any atom is 0.0696 e. The van der Waals surface area contributed by atoms with E-state index in [0.717, 1.165) is 0 Å². The Kier molecular flexibility index (Phi) is 2.15. The Hall–Kier alpha value is -1.06. The van der Waals surface area contributed by atoms with Crippen molar-refractivity contribution in [2.75, 3.05) is 6.26 Å². The van der Waals surface area contributed by atoms with Crippen molar-refractivity contribution in [3.05, 3.63) is 35.5 Å². The Morgan fingerprint density at radius 3 is 3.13 bits per heavy atom. The largest absolute Gasteiger partial charge is 0.264 e. The van der Waals surface area contributed by atoms with Crippen LogP contribution in [0, 0.1) is 0 Å². The van der Waals surface area contributed by atoms with Gasteiger partial charge in [0.1, 0.15) is 0 Å². The predicted octanol–water partition coefficient (Wildman–Crippen LogP) is 4.03. The number of thioether (sulfide) groups is 1. The lowest BCUT2D eigenvalue weighted by Crippen LogP contribution is -1.80. The first-order valence-corrected chi connectivity index (χ1v) is 6.73.